The molecule has 0 fully saturated rings. The zero-order valence-electron chi connectivity index (χ0n) is 14.6. The summed E-state index contributed by atoms with van der Waals surface area (Å²) in [5, 5.41) is 5.08. The number of aryl methyl sites for hydroxylation is 1. The van der Waals surface area contributed by atoms with Gasteiger partial charge in [-0.1, -0.05) is 18.2 Å². The number of rotatable bonds is 6. The number of fused-ring (bicyclic) bond motifs is 1. The van der Waals surface area contributed by atoms with Gasteiger partial charge >= 0.3 is 0 Å². The number of thiophene rings is 1. The average molecular weight is 364 g/mol. The number of hydrogen-bond acceptors (Lipinski definition) is 3. The molecule has 26 heavy (non-hydrogen) atoms. The van der Waals surface area contributed by atoms with Gasteiger partial charge in [0.2, 0.25) is 0 Å². The quantitative estimate of drug-likeness (QED) is 0.567. The van der Waals surface area contributed by atoms with E-state index in [9.17, 15) is 4.79 Å². The first-order valence-electron chi connectivity index (χ1n) is 8.60. The number of amides is 1. The maximum Gasteiger partial charge on any atom is 0.267 e. The van der Waals surface area contributed by atoms with Crippen LogP contribution in [0.15, 0.2) is 60.1 Å². The summed E-state index contributed by atoms with van der Waals surface area (Å²) in [7, 11) is 0. The van der Waals surface area contributed by atoms with Crippen molar-refractivity contribution in [2.24, 2.45) is 0 Å². The molecule has 0 radical (unpaired) electrons. The number of benzene rings is 1. The van der Waals surface area contributed by atoms with E-state index in [4.69, 9.17) is 0 Å². The van der Waals surface area contributed by atoms with Crippen LogP contribution in [-0.4, -0.2) is 26.6 Å². The summed E-state index contributed by atoms with van der Waals surface area (Å²) >= 11 is 1.70. The van der Waals surface area contributed by atoms with Crippen LogP contribution >= 0.6 is 11.3 Å². The maximum absolute atomic E-state index is 12.6. The van der Waals surface area contributed by atoms with Gasteiger partial charge in [-0.3, -0.25) is 4.79 Å². The molecule has 132 valence electrons. The van der Waals surface area contributed by atoms with Crippen molar-refractivity contribution >= 4 is 28.3 Å². The van der Waals surface area contributed by atoms with Crippen molar-refractivity contribution in [2.75, 3.05) is 6.54 Å². The molecule has 0 aliphatic heterocycles. The molecule has 0 aliphatic carbocycles. The smallest absolute Gasteiger partial charge is 0.267 e. The van der Waals surface area contributed by atoms with Crippen molar-refractivity contribution < 1.29 is 4.79 Å². The Morgan fingerprint density at radius 3 is 2.88 bits per heavy atom. The highest BCUT2D eigenvalue weighted by atomic mass is 32.1. The predicted octanol–water partition coefficient (Wildman–Crippen LogP) is 3.69. The average Bonchev–Trinajstić information content (AvgIpc) is 3.36. The Hall–Kier alpha value is -2.86. The molecular weight excluding hydrogens is 344 g/mol. The Morgan fingerprint density at radius 1 is 1.15 bits per heavy atom. The van der Waals surface area contributed by atoms with Crippen LogP contribution in [0.4, 0.5) is 0 Å². The third kappa shape index (κ3) is 3.28. The van der Waals surface area contributed by atoms with E-state index in [1.54, 1.807) is 11.3 Å². The first-order valence-corrected chi connectivity index (χ1v) is 9.48. The van der Waals surface area contributed by atoms with E-state index >= 15 is 0 Å². The molecular formula is C20H20N4OS. The minimum atomic E-state index is -0.0476. The van der Waals surface area contributed by atoms with Gasteiger partial charge in [-0.05, 0) is 42.6 Å². The van der Waals surface area contributed by atoms with Gasteiger partial charge in [0, 0.05) is 24.2 Å². The Kier molecular flexibility index (Phi) is 4.58. The number of carbonyl (C=O) groups excluding carboxylic acids is 1. The first-order chi connectivity index (χ1) is 12.7. The molecule has 5 nitrogen and oxygen atoms in total. The zero-order valence-corrected chi connectivity index (χ0v) is 15.4. The van der Waals surface area contributed by atoms with Crippen molar-refractivity contribution in [3.05, 3.63) is 76.5 Å². The Morgan fingerprint density at radius 2 is 2.04 bits per heavy atom. The van der Waals surface area contributed by atoms with Gasteiger partial charge in [0.05, 0.1) is 17.6 Å². The van der Waals surface area contributed by atoms with Gasteiger partial charge in [-0.15, -0.1) is 11.3 Å². The summed E-state index contributed by atoms with van der Waals surface area (Å²) in [6.07, 6.45) is 1.95. The molecule has 4 rings (SSSR count). The van der Waals surface area contributed by atoms with Gasteiger partial charge in [-0.2, -0.15) is 0 Å². The number of para-hydroxylation sites is 2. The largest absolute Gasteiger partial charge is 0.349 e. The fourth-order valence-electron chi connectivity index (χ4n) is 3.18. The van der Waals surface area contributed by atoms with Crippen molar-refractivity contribution in [1.82, 2.24) is 19.4 Å². The van der Waals surface area contributed by atoms with Crippen molar-refractivity contribution in [2.45, 2.75) is 20.0 Å². The van der Waals surface area contributed by atoms with Gasteiger partial charge in [0.15, 0.2) is 0 Å². The topological polar surface area (TPSA) is 51.9 Å². The molecule has 0 unspecified atom stereocenters. The summed E-state index contributed by atoms with van der Waals surface area (Å²) < 4.78 is 4.12. The molecule has 4 aromatic rings. The molecule has 0 spiro atoms. The number of nitrogens with zero attached hydrogens (tertiary/aromatic N) is 3. The Bertz CT molecular complexity index is 1030. The van der Waals surface area contributed by atoms with E-state index in [1.165, 1.54) is 4.88 Å². The van der Waals surface area contributed by atoms with E-state index in [-0.39, 0.29) is 5.91 Å². The fraction of sp³-hybridized carbons (Fsp3) is 0.200. The van der Waals surface area contributed by atoms with Crippen LogP contribution in [0.1, 0.15) is 21.2 Å². The molecule has 0 atom stereocenters. The lowest BCUT2D eigenvalue weighted by Crippen LogP contribution is -2.29. The van der Waals surface area contributed by atoms with E-state index in [2.05, 4.69) is 32.4 Å². The molecule has 1 amide bonds. The molecule has 0 aliphatic rings. The standard InChI is InChI=1S/C20H20N4OS/c1-15-22-17-7-2-3-8-18(17)24(15)12-10-21-20(25)19-9-4-11-23(19)14-16-6-5-13-26-16/h2-9,11,13H,10,12,14H2,1H3,(H,21,25). The second kappa shape index (κ2) is 7.17. The van der Waals surface area contributed by atoms with Crippen LogP contribution in [0.2, 0.25) is 0 Å². The van der Waals surface area contributed by atoms with Crippen LogP contribution in [-0.2, 0) is 13.1 Å². The predicted molar refractivity (Wildman–Crippen MR) is 105 cm³/mol. The highest BCUT2D eigenvalue weighted by Crippen LogP contribution is 2.15. The van der Waals surface area contributed by atoms with E-state index in [1.807, 2.05) is 54.1 Å². The fourth-order valence-corrected chi connectivity index (χ4v) is 3.88. The van der Waals surface area contributed by atoms with Crippen LogP contribution in [0.5, 0.6) is 0 Å². The molecule has 3 heterocycles. The monoisotopic (exact) mass is 364 g/mol. The number of nitrogens with one attached hydrogen (secondary N) is 1. The molecule has 1 N–H and O–H groups in total. The van der Waals surface area contributed by atoms with Crippen molar-refractivity contribution in [3.8, 4) is 0 Å². The molecule has 0 saturated heterocycles. The van der Waals surface area contributed by atoms with Gasteiger partial charge in [0.1, 0.15) is 11.5 Å². The number of imidazole rings is 1. The summed E-state index contributed by atoms with van der Waals surface area (Å²) in [6, 6.07) is 16.0. The van der Waals surface area contributed by atoms with Gasteiger partial charge in [-0.25, -0.2) is 4.98 Å². The highest BCUT2D eigenvalue weighted by molar-refractivity contribution is 7.09. The SMILES string of the molecule is Cc1nc2ccccc2n1CCNC(=O)c1cccn1Cc1cccs1. The summed E-state index contributed by atoms with van der Waals surface area (Å²) in [5.41, 5.74) is 2.77. The van der Waals surface area contributed by atoms with E-state index in [0.717, 1.165) is 23.4 Å². The van der Waals surface area contributed by atoms with Crippen LogP contribution in [0, 0.1) is 6.92 Å². The minimum Gasteiger partial charge on any atom is -0.349 e. The normalized spacial score (nSPS) is 11.1. The van der Waals surface area contributed by atoms with E-state index in [0.29, 0.717) is 18.8 Å². The highest BCUT2D eigenvalue weighted by Gasteiger charge is 2.12. The second-order valence-corrected chi connectivity index (χ2v) is 7.19. The van der Waals surface area contributed by atoms with Crippen LogP contribution in [0.25, 0.3) is 11.0 Å². The van der Waals surface area contributed by atoms with Crippen molar-refractivity contribution in [1.29, 1.82) is 0 Å². The first kappa shape index (κ1) is 16.6. The third-order valence-electron chi connectivity index (χ3n) is 4.43. The maximum atomic E-state index is 12.6. The van der Waals surface area contributed by atoms with E-state index < -0.39 is 0 Å². The zero-order chi connectivity index (χ0) is 17.9. The van der Waals surface area contributed by atoms with Gasteiger partial charge in [0.25, 0.3) is 5.91 Å². The number of hydrogen-bond donors (Lipinski definition) is 1. The van der Waals surface area contributed by atoms with Gasteiger partial charge < -0.3 is 14.5 Å². The molecule has 6 heteroatoms. The lowest BCUT2D eigenvalue weighted by Gasteiger charge is -2.11. The van der Waals surface area contributed by atoms with Crippen LogP contribution in [0.3, 0.4) is 0 Å². The molecule has 0 saturated carbocycles. The number of carbonyl (C=O) groups is 1. The summed E-state index contributed by atoms with van der Waals surface area (Å²) in [6.45, 7) is 3.97. The lowest BCUT2D eigenvalue weighted by molar-refractivity contribution is 0.0943. The number of aromatic nitrogens is 3. The summed E-state index contributed by atoms with van der Waals surface area (Å²) in [4.78, 5) is 18.4. The molecule has 3 aromatic heterocycles. The molecule has 0 bridgehead atoms. The lowest BCUT2D eigenvalue weighted by atomic mass is 10.3. The minimum absolute atomic E-state index is 0.0476. The summed E-state index contributed by atoms with van der Waals surface area (Å²) in [5.74, 6) is 0.912. The second-order valence-electron chi connectivity index (χ2n) is 6.16. The Labute approximate surface area is 155 Å². The Balaban J connectivity index is 1.42. The third-order valence-corrected chi connectivity index (χ3v) is 5.30. The van der Waals surface area contributed by atoms with Crippen molar-refractivity contribution in [3.63, 3.8) is 0 Å². The van der Waals surface area contributed by atoms with Crippen LogP contribution < -0.4 is 5.32 Å². The molecule has 1 aromatic carbocycles.